The lowest BCUT2D eigenvalue weighted by Crippen LogP contribution is -2.41. The fraction of sp³-hybridized carbons (Fsp3) is 0.571. The molecule has 3 aromatic rings. The maximum absolute atomic E-state index is 2.68. The number of rotatable bonds is 0. The molecule has 3 aromatic carbocycles. The summed E-state index contributed by atoms with van der Waals surface area (Å²) in [6.07, 6.45) is 0. The van der Waals surface area contributed by atoms with Crippen LogP contribution in [0.3, 0.4) is 0 Å². The molecule has 0 fully saturated rings. The first-order chi connectivity index (χ1) is 24.2. The Morgan fingerprint density at radius 1 is 0.240 bits per heavy atom. The number of hydrogen-bond acceptors (Lipinski definition) is 8. The van der Waals surface area contributed by atoms with Crippen LogP contribution >= 0.6 is 0 Å². The van der Waals surface area contributed by atoms with Gasteiger partial charge in [-0.25, -0.2) is 0 Å². The van der Waals surface area contributed by atoms with Crippen LogP contribution in [0.2, 0.25) is 0 Å². The molecule has 0 atom stereocenters. The molecular weight excluding hydrogens is 617 g/mol. The van der Waals surface area contributed by atoms with Crippen molar-refractivity contribution < 1.29 is 0 Å². The van der Waals surface area contributed by atoms with Crippen molar-refractivity contribution in [1.82, 2.24) is 39.2 Å². The van der Waals surface area contributed by atoms with Crippen molar-refractivity contribution in [2.45, 2.75) is 39.3 Å². The number of nitrogens with zero attached hydrogens (tertiary/aromatic N) is 8. The Balaban J connectivity index is 1.39. The van der Waals surface area contributed by atoms with E-state index in [0.717, 1.165) is 118 Å². The summed E-state index contributed by atoms with van der Waals surface area (Å²) in [6.45, 7) is 18.6. The summed E-state index contributed by atoms with van der Waals surface area (Å²) in [5.41, 5.74) is 8.36. The molecule has 0 aromatic heterocycles. The summed E-state index contributed by atoms with van der Waals surface area (Å²) >= 11 is 0. The van der Waals surface area contributed by atoms with Crippen LogP contribution in [0.15, 0.2) is 72.8 Å². The lowest BCUT2D eigenvalue weighted by atomic mass is 10.1. The molecule has 0 saturated heterocycles. The first kappa shape index (κ1) is 38.6. The summed E-state index contributed by atoms with van der Waals surface area (Å²) in [4.78, 5) is 20.3. The van der Waals surface area contributed by atoms with Gasteiger partial charge < -0.3 is 29.4 Å². The zero-order chi connectivity index (χ0) is 35.3. The molecule has 8 nitrogen and oxygen atoms in total. The average molecular weight is 683 g/mol. The largest absolute Gasteiger partial charge is 0.301 e. The van der Waals surface area contributed by atoms with Gasteiger partial charge in [-0.3, -0.25) is 9.80 Å². The Morgan fingerprint density at radius 2 is 0.380 bits per heavy atom. The first-order valence-corrected chi connectivity index (χ1v) is 19.0. The summed E-state index contributed by atoms with van der Waals surface area (Å²) in [5, 5.41) is 0. The Morgan fingerprint density at radius 3 is 0.520 bits per heavy atom. The fourth-order valence-electron chi connectivity index (χ4n) is 7.14. The predicted octanol–water partition coefficient (Wildman–Crippen LogP) is 4.31. The minimum absolute atomic E-state index is 0.980. The maximum atomic E-state index is 2.68. The van der Waals surface area contributed by atoms with Crippen LogP contribution in [0.25, 0.3) is 0 Å². The van der Waals surface area contributed by atoms with Crippen molar-refractivity contribution in [2.75, 3.05) is 121 Å². The van der Waals surface area contributed by atoms with Crippen LogP contribution in [-0.2, 0) is 39.3 Å². The predicted molar refractivity (Wildman–Crippen MR) is 210 cm³/mol. The van der Waals surface area contributed by atoms with E-state index < -0.39 is 0 Å². The fourth-order valence-corrected chi connectivity index (χ4v) is 7.14. The molecule has 12 aliphatic heterocycles. The van der Waals surface area contributed by atoms with Crippen molar-refractivity contribution in [3.8, 4) is 0 Å². The topological polar surface area (TPSA) is 25.9 Å². The van der Waals surface area contributed by atoms with Gasteiger partial charge in [-0.1, -0.05) is 72.8 Å². The number of hydrogen-bond donors (Lipinski definition) is 0. The van der Waals surface area contributed by atoms with E-state index in [1.54, 1.807) is 0 Å². The third kappa shape index (κ3) is 13.5. The second kappa shape index (κ2) is 19.8. The van der Waals surface area contributed by atoms with Crippen LogP contribution in [0.5, 0.6) is 0 Å². The summed E-state index contributed by atoms with van der Waals surface area (Å²) < 4.78 is 0. The van der Waals surface area contributed by atoms with E-state index in [4.69, 9.17) is 0 Å². The van der Waals surface area contributed by atoms with E-state index in [0.29, 0.717) is 0 Å². The molecule has 0 unspecified atom stereocenters. The summed E-state index contributed by atoms with van der Waals surface area (Å²) in [7, 11) is 13.6. The molecular formula is C42H66N8. The molecule has 0 N–H and O–H groups in total. The van der Waals surface area contributed by atoms with E-state index in [-0.39, 0.29) is 0 Å². The van der Waals surface area contributed by atoms with Crippen LogP contribution < -0.4 is 0 Å². The highest BCUT2D eigenvalue weighted by Crippen LogP contribution is 2.13. The quantitative estimate of drug-likeness (QED) is 0.347. The van der Waals surface area contributed by atoms with Gasteiger partial charge in [0.2, 0.25) is 0 Å². The van der Waals surface area contributed by atoms with Crippen LogP contribution in [-0.4, -0.2) is 160 Å². The minimum Gasteiger partial charge on any atom is -0.301 e. The average Bonchev–Trinajstić information content (AvgIpc) is 3.09. The Hall–Kier alpha value is -2.66. The maximum Gasteiger partial charge on any atom is 0.0231 e. The molecule has 0 saturated carbocycles. The summed E-state index contributed by atoms with van der Waals surface area (Å²) in [5.74, 6) is 0. The van der Waals surface area contributed by atoms with Crippen LogP contribution in [0, 0.1) is 0 Å². The third-order valence-corrected chi connectivity index (χ3v) is 10.6. The highest BCUT2D eigenvalue weighted by molar-refractivity contribution is 5.24. The van der Waals surface area contributed by atoms with Gasteiger partial charge in [-0.05, 0) is 75.7 Å². The van der Waals surface area contributed by atoms with E-state index in [1.807, 2.05) is 0 Å². The molecule has 0 radical (unpaired) electrons. The van der Waals surface area contributed by atoms with Gasteiger partial charge in [0.1, 0.15) is 0 Å². The molecule has 0 aliphatic carbocycles. The first-order valence-electron chi connectivity index (χ1n) is 19.0. The molecule has 0 amide bonds. The van der Waals surface area contributed by atoms with Gasteiger partial charge >= 0.3 is 0 Å². The lowest BCUT2D eigenvalue weighted by molar-refractivity contribution is 0.173. The zero-order valence-corrected chi connectivity index (χ0v) is 32.2. The van der Waals surface area contributed by atoms with Gasteiger partial charge in [0.05, 0.1) is 0 Å². The van der Waals surface area contributed by atoms with Crippen LogP contribution in [0.4, 0.5) is 0 Å². The molecule has 12 heterocycles. The molecule has 12 aliphatic rings. The SMILES string of the molecule is CN1CCN2CCN(C)Cc3ccc(cc3)CN(C)CCN(CCN(C)Cc3ccc(cc3)C1)CCN(C)Cc1ccc(cc1)CN(C)CC2. The summed E-state index contributed by atoms with van der Waals surface area (Å²) in [6, 6.07) is 28.1. The van der Waals surface area contributed by atoms with E-state index in [2.05, 4.69) is 154 Å². The number of likely N-dealkylation sites (N-methyl/N-ethyl adjacent to an activating group) is 6. The Bertz CT molecular complexity index is 1100. The van der Waals surface area contributed by atoms with Crippen molar-refractivity contribution in [3.05, 3.63) is 106 Å². The second-order valence-electron chi connectivity index (χ2n) is 15.6. The lowest BCUT2D eigenvalue weighted by Gasteiger charge is -2.30. The van der Waals surface area contributed by atoms with Gasteiger partial charge in [0, 0.05) is 118 Å². The standard InChI is InChI=1S/C42H66N8/c1-43-19-25-49-26-20-44(2)33-39-11-15-41(16-12-39)35-47(5)23-29-50(28-22-46(4)32-38-9-7-37(31-43)8-10-38)30-24-48(6)36-42-17-13-40(14-18-42)34-45(3)21-27-49/h7-18H,19-36H2,1-6H3. The molecule has 0 spiro atoms. The monoisotopic (exact) mass is 683 g/mol. The smallest absolute Gasteiger partial charge is 0.0231 e. The number of benzene rings is 3. The molecule has 8 heteroatoms. The molecule has 274 valence electrons. The normalized spacial score (nSPS) is 23.9. The minimum atomic E-state index is 0.980. The Kier molecular flexibility index (Phi) is 15.3. The van der Waals surface area contributed by atoms with Crippen molar-refractivity contribution in [1.29, 1.82) is 0 Å². The van der Waals surface area contributed by atoms with Crippen molar-refractivity contribution in [3.63, 3.8) is 0 Å². The van der Waals surface area contributed by atoms with E-state index in [1.165, 1.54) is 33.4 Å². The van der Waals surface area contributed by atoms with Crippen LogP contribution in [0.1, 0.15) is 33.4 Å². The highest BCUT2D eigenvalue weighted by atomic mass is 15.2. The third-order valence-electron chi connectivity index (χ3n) is 10.6. The van der Waals surface area contributed by atoms with Crippen molar-refractivity contribution >= 4 is 0 Å². The molecule has 50 heavy (non-hydrogen) atoms. The van der Waals surface area contributed by atoms with Gasteiger partial charge in [-0.15, -0.1) is 0 Å². The van der Waals surface area contributed by atoms with Crippen molar-refractivity contribution in [2.24, 2.45) is 0 Å². The molecule has 8 bridgehead atoms. The highest BCUT2D eigenvalue weighted by Gasteiger charge is 2.14. The Labute approximate surface area is 304 Å². The van der Waals surface area contributed by atoms with Gasteiger partial charge in [0.25, 0.3) is 0 Å². The molecule has 15 rings (SSSR count). The van der Waals surface area contributed by atoms with E-state index >= 15 is 0 Å². The van der Waals surface area contributed by atoms with Gasteiger partial charge in [0.15, 0.2) is 0 Å². The van der Waals surface area contributed by atoms with Gasteiger partial charge in [-0.2, -0.15) is 0 Å². The zero-order valence-electron chi connectivity index (χ0n) is 32.2. The van der Waals surface area contributed by atoms with E-state index in [9.17, 15) is 0 Å². The second-order valence-corrected chi connectivity index (χ2v) is 15.6.